The van der Waals surface area contributed by atoms with Gasteiger partial charge in [0, 0.05) is 37.1 Å². The average molecular weight is 747 g/mol. The summed E-state index contributed by atoms with van der Waals surface area (Å²) in [7, 11) is -4.16. The van der Waals surface area contributed by atoms with Gasteiger partial charge in [-0.05, 0) is 67.3 Å². The topological polar surface area (TPSA) is 156 Å². The van der Waals surface area contributed by atoms with E-state index in [2.05, 4.69) is 28.1 Å². The summed E-state index contributed by atoms with van der Waals surface area (Å²) in [5, 5.41) is 20.6. The standard InChI is InChI=1S/C40H50N4O8S/c1-27(2)24-44(25-36(45)35(21-29-14-7-4-8-15-29)43-40(47)52-37-26-51-39-31(37)18-20-50-39)53(48,49)30-16-17-34-32(22-30)33(38(46)42-34)23-41-19-10-9-13-28-11-5-3-6-12-28/h3-8,11-12,14-17,22-23,27,31,35-37,39,41,45H,9-10,13,18-21,24-26H2,1-2H3,(H,42,46)(H,43,47). The van der Waals surface area contributed by atoms with Crippen molar-refractivity contribution in [1.29, 1.82) is 0 Å². The van der Waals surface area contributed by atoms with Crippen LogP contribution in [0.4, 0.5) is 10.5 Å². The van der Waals surface area contributed by atoms with Gasteiger partial charge in [-0.2, -0.15) is 4.31 Å². The third kappa shape index (κ3) is 9.84. The minimum atomic E-state index is -4.16. The average Bonchev–Trinajstić information content (AvgIpc) is 3.85. The van der Waals surface area contributed by atoms with Crippen LogP contribution in [0.15, 0.2) is 90.0 Å². The molecule has 0 spiro atoms. The monoisotopic (exact) mass is 746 g/mol. The minimum Gasteiger partial charge on any atom is -0.443 e. The number of aryl methyl sites for hydroxylation is 1. The number of nitrogens with one attached hydrogen (secondary N) is 3. The van der Waals surface area contributed by atoms with E-state index in [0.29, 0.717) is 30.0 Å². The van der Waals surface area contributed by atoms with Crippen molar-refractivity contribution in [3.8, 4) is 0 Å². The van der Waals surface area contributed by atoms with Gasteiger partial charge in [0.1, 0.15) is 6.10 Å². The number of ether oxygens (including phenoxy) is 3. The predicted molar refractivity (Wildman–Crippen MR) is 201 cm³/mol. The quantitative estimate of drug-likeness (QED) is 0.114. The Kier molecular flexibility index (Phi) is 12.8. The number of rotatable bonds is 17. The van der Waals surface area contributed by atoms with Gasteiger partial charge in [0.25, 0.3) is 5.91 Å². The molecule has 13 heteroatoms. The zero-order valence-electron chi connectivity index (χ0n) is 30.3. The van der Waals surface area contributed by atoms with Crippen LogP contribution < -0.4 is 16.0 Å². The maximum Gasteiger partial charge on any atom is 0.407 e. The summed E-state index contributed by atoms with van der Waals surface area (Å²) in [6, 6.07) is 23.3. The van der Waals surface area contributed by atoms with Gasteiger partial charge in [-0.3, -0.25) is 4.79 Å². The molecule has 0 aliphatic carbocycles. The lowest BCUT2D eigenvalue weighted by Gasteiger charge is -2.31. The third-order valence-electron chi connectivity index (χ3n) is 9.81. The number of fused-ring (bicyclic) bond motifs is 2. The van der Waals surface area contributed by atoms with Crippen LogP contribution in [0, 0.1) is 11.8 Å². The number of nitrogens with zero attached hydrogens (tertiary/aromatic N) is 1. The molecule has 3 aromatic rings. The molecular weight excluding hydrogens is 697 g/mol. The van der Waals surface area contributed by atoms with Gasteiger partial charge in [0.15, 0.2) is 6.29 Å². The van der Waals surface area contributed by atoms with Crippen LogP contribution in [0.1, 0.15) is 49.8 Å². The molecule has 5 atom stereocenters. The van der Waals surface area contributed by atoms with Crippen LogP contribution in [-0.4, -0.2) is 87.2 Å². The molecule has 3 heterocycles. The van der Waals surface area contributed by atoms with Crippen LogP contribution in [0.3, 0.4) is 0 Å². The molecular formula is C40H50N4O8S. The van der Waals surface area contributed by atoms with Crippen molar-refractivity contribution in [2.75, 3.05) is 38.2 Å². The molecule has 2 fully saturated rings. The normalized spacial score (nSPS) is 21.3. The van der Waals surface area contributed by atoms with E-state index >= 15 is 0 Å². The zero-order chi connectivity index (χ0) is 37.4. The number of hydrogen-bond acceptors (Lipinski definition) is 9. The zero-order valence-corrected chi connectivity index (χ0v) is 31.1. The molecule has 2 saturated heterocycles. The Morgan fingerprint density at radius 2 is 1.75 bits per heavy atom. The fourth-order valence-electron chi connectivity index (χ4n) is 7.03. The van der Waals surface area contributed by atoms with E-state index in [0.717, 1.165) is 31.2 Å². The lowest BCUT2D eigenvalue weighted by atomic mass is 10.0. The fourth-order valence-corrected chi connectivity index (χ4v) is 8.68. The number of alkyl carbamates (subject to hydrolysis) is 1. The van der Waals surface area contributed by atoms with Crippen molar-refractivity contribution in [2.45, 2.75) is 75.4 Å². The number of amides is 2. The molecule has 2 amide bonds. The van der Waals surface area contributed by atoms with Crippen molar-refractivity contribution in [1.82, 2.24) is 14.9 Å². The van der Waals surface area contributed by atoms with E-state index in [1.165, 1.54) is 22.0 Å². The molecule has 4 N–H and O–H groups in total. The summed E-state index contributed by atoms with van der Waals surface area (Å²) >= 11 is 0. The molecule has 12 nitrogen and oxygen atoms in total. The maximum atomic E-state index is 14.3. The second kappa shape index (κ2) is 17.7. The number of carbonyl (C=O) groups is 2. The van der Waals surface area contributed by atoms with Gasteiger partial charge >= 0.3 is 6.09 Å². The second-order valence-electron chi connectivity index (χ2n) is 14.3. The van der Waals surface area contributed by atoms with Crippen LogP contribution >= 0.6 is 0 Å². The highest BCUT2D eigenvalue weighted by atomic mass is 32.2. The van der Waals surface area contributed by atoms with Gasteiger partial charge in [0.2, 0.25) is 10.0 Å². The lowest BCUT2D eigenvalue weighted by Crippen LogP contribution is -2.51. The van der Waals surface area contributed by atoms with E-state index in [-0.39, 0.29) is 55.0 Å². The smallest absolute Gasteiger partial charge is 0.407 e. The predicted octanol–water partition coefficient (Wildman–Crippen LogP) is 4.70. The molecule has 6 rings (SSSR count). The molecule has 3 aliphatic rings. The Balaban J connectivity index is 1.15. The summed E-state index contributed by atoms with van der Waals surface area (Å²) < 4.78 is 46.8. The highest BCUT2D eigenvalue weighted by Crippen LogP contribution is 2.35. The number of anilines is 1. The first kappa shape index (κ1) is 38.5. The molecule has 3 aliphatic heterocycles. The van der Waals surface area contributed by atoms with Gasteiger partial charge in [-0.25, -0.2) is 13.2 Å². The number of carbonyl (C=O) groups excluding carboxylic acids is 2. The number of aliphatic hydroxyl groups is 1. The highest BCUT2D eigenvalue weighted by Gasteiger charge is 2.44. The fraction of sp³-hybridized carbons (Fsp3) is 0.450. The van der Waals surface area contributed by atoms with E-state index in [1.54, 1.807) is 12.3 Å². The first-order valence-corrected chi connectivity index (χ1v) is 19.9. The largest absolute Gasteiger partial charge is 0.443 e. The summed E-state index contributed by atoms with van der Waals surface area (Å²) in [5.74, 6) is -0.452. The minimum absolute atomic E-state index is 0.00379. The van der Waals surface area contributed by atoms with E-state index in [1.807, 2.05) is 62.4 Å². The third-order valence-corrected chi connectivity index (χ3v) is 11.6. The van der Waals surface area contributed by atoms with Gasteiger partial charge in [0.05, 0.1) is 41.7 Å². The van der Waals surface area contributed by atoms with E-state index in [9.17, 15) is 23.1 Å². The number of benzene rings is 3. The number of hydrogen-bond donors (Lipinski definition) is 4. The van der Waals surface area contributed by atoms with Crippen molar-refractivity contribution in [3.63, 3.8) is 0 Å². The Labute approximate surface area is 311 Å². The summed E-state index contributed by atoms with van der Waals surface area (Å²) in [5.41, 5.74) is 3.49. The van der Waals surface area contributed by atoms with Crippen molar-refractivity contribution >= 4 is 33.3 Å². The molecule has 5 unspecified atom stereocenters. The molecule has 284 valence electrons. The second-order valence-corrected chi connectivity index (χ2v) is 16.2. The van der Waals surface area contributed by atoms with Crippen LogP contribution in [-0.2, 0) is 41.9 Å². The Hall–Kier alpha value is -4.27. The van der Waals surface area contributed by atoms with E-state index < -0.39 is 34.4 Å². The van der Waals surface area contributed by atoms with E-state index in [4.69, 9.17) is 14.2 Å². The summed E-state index contributed by atoms with van der Waals surface area (Å²) in [6.07, 6.45) is 2.57. The van der Waals surface area contributed by atoms with Crippen LogP contribution in [0.5, 0.6) is 0 Å². The van der Waals surface area contributed by atoms with Gasteiger partial charge in [-0.1, -0.05) is 74.5 Å². The number of sulfonamides is 1. The van der Waals surface area contributed by atoms with Gasteiger partial charge in [-0.15, -0.1) is 0 Å². The summed E-state index contributed by atoms with van der Waals surface area (Å²) in [6.45, 7) is 5.04. The van der Waals surface area contributed by atoms with Crippen molar-refractivity contribution < 1.29 is 37.3 Å². The molecule has 3 aromatic carbocycles. The number of unbranched alkanes of at least 4 members (excludes halogenated alkanes) is 1. The van der Waals surface area contributed by atoms with Crippen LogP contribution in [0.2, 0.25) is 0 Å². The van der Waals surface area contributed by atoms with Crippen LogP contribution in [0.25, 0.3) is 5.57 Å². The number of aliphatic hydroxyl groups excluding tert-OH is 1. The Morgan fingerprint density at radius 3 is 2.49 bits per heavy atom. The molecule has 0 radical (unpaired) electrons. The Bertz CT molecular complexity index is 1840. The first-order chi connectivity index (χ1) is 25.6. The highest BCUT2D eigenvalue weighted by molar-refractivity contribution is 7.89. The molecule has 0 saturated carbocycles. The molecule has 0 aromatic heterocycles. The van der Waals surface area contributed by atoms with Gasteiger partial charge < -0.3 is 35.3 Å². The van der Waals surface area contributed by atoms with Crippen molar-refractivity contribution in [3.05, 3.63) is 102 Å². The molecule has 53 heavy (non-hydrogen) atoms. The summed E-state index contributed by atoms with van der Waals surface area (Å²) in [4.78, 5) is 26.1. The Morgan fingerprint density at radius 1 is 1.02 bits per heavy atom. The SMILES string of the molecule is CC(C)CN(CC(O)C(Cc1ccccc1)NC(=O)OC1COC2OCCC12)S(=O)(=O)c1ccc2c(c1)C(=CNCCCCc1ccccc1)C(=O)N2. The molecule has 0 bridgehead atoms. The lowest BCUT2D eigenvalue weighted by molar-refractivity contribution is -0.110. The van der Waals surface area contributed by atoms with Crippen molar-refractivity contribution in [2.24, 2.45) is 11.8 Å². The first-order valence-electron chi connectivity index (χ1n) is 18.4. The maximum absolute atomic E-state index is 14.3.